The van der Waals surface area contributed by atoms with Crippen LogP contribution in [0.4, 0.5) is 14.6 Å². The molecule has 23 heteroatoms. The summed E-state index contributed by atoms with van der Waals surface area (Å²) < 4.78 is 77.7. The maximum absolute atomic E-state index is 15.9. The number of aromatic amines is 1. The molecule has 3 fully saturated rings. The number of hydrogen-bond donors (Lipinski definition) is 5. The van der Waals surface area contributed by atoms with Gasteiger partial charge in [-0.05, 0) is 17.9 Å². The van der Waals surface area contributed by atoms with E-state index in [1.165, 1.54) is 10.9 Å². The first kappa shape index (κ1) is 29.5. The fourth-order valence-electron chi connectivity index (χ4n) is 4.76. The van der Waals surface area contributed by atoms with Crippen LogP contribution < -0.4 is 11.5 Å². The number of halogens is 2. The highest BCUT2D eigenvalue weighted by atomic mass is 32.5. The van der Waals surface area contributed by atoms with Gasteiger partial charge in [0.2, 0.25) is 0 Å². The van der Waals surface area contributed by atoms with E-state index in [1.54, 1.807) is 0 Å². The fourth-order valence-corrected chi connectivity index (χ4v) is 7.13. The number of anilines is 1. The summed E-state index contributed by atoms with van der Waals surface area (Å²) in [7, 11) is -5.11. The lowest BCUT2D eigenvalue weighted by Crippen LogP contribution is -2.34. The molecule has 3 aromatic rings. The summed E-state index contributed by atoms with van der Waals surface area (Å²) in [5.41, 5.74) is 11.0. The lowest BCUT2D eigenvalue weighted by Gasteiger charge is -2.26. The third-order valence-electron chi connectivity index (χ3n) is 6.69. The maximum Gasteiger partial charge on any atom is 0.472 e. The van der Waals surface area contributed by atoms with Crippen LogP contribution in [0, 0.1) is 0 Å². The minimum Gasteiger partial charge on any atom is -0.382 e. The summed E-state index contributed by atoms with van der Waals surface area (Å²) in [6.07, 6.45) is -11.4. The predicted molar refractivity (Wildman–Crippen MR) is 136 cm³/mol. The van der Waals surface area contributed by atoms with Crippen LogP contribution in [0.5, 0.6) is 0 Å². The molecule has 2 bridgehead atoms. The van der Waals surface area contributed by atoms with Gasteiger partial charge in [-0.3, -0.25) is 28.0 Å². The largest absolute Gasteiger partial charge is 0.472 e. The van der Waals surface area contributed by atoms with Crippen molar-refractivity contribution in [3.63, 3.8) is 0 Å². The molecule has 0 saturated carbocycles. The summed E-state index contributed by atoms with van der Waals surface area (Å²) in [5.74, 6) is -0.884. The Morgan fingerprint density at radius 2 is 1.86 bits per heavy atom. The minimum atomic E-state index is -5.11. The average molecular weight is 654 g/mol. The van der Waals surface area contributed by atoms with Crippen LogP contribution >= 0.6 is 14.5 Å². The Balaban J connectivity index is 1.29. The van der Waals surface area contributed by atoms with Gasteiger partial charge in [0.25, 0.3) is 5.91 Å². The van der Waals surface area contributed by atoms with Crippen molar-refractivity contribution in [2.24, 2.45) is 5.73 Å². The van der Waals surface area contributed by atoms with Crippen LogP contribution in [0.25, 0.3) is 11.2 Å². The minimum absolute atomic E-state index is 0.0224. The SMILES string of the molecule is NC(=O)c1cc([C@@H]2O[C@@H]3COP(O)(=S)O[C@H]4[C@@H](F)[C@H](n5cnc6c(N)ncnc65)O[C@@H]4COP(=O)(O)O[C@@H]2[C@@H]3F)[nH]n1. The highest BCUT2D eigenvalue weighted by Crippen LogP contribution is 2.54. The maximum atomic E-state index is 15.9. The van der Waals surface area contributed by atoms with Gasteiger partial charge in [0.05, 0.1) is 25.2 Å². The van der Waals surface area contributed by atoms with E-state index in [1.807, 2.05) is 0 Å². The van der Waals surface area contributed by atoms with Gasteiger partial charge >= 0.3 is 14.5 Å². The highest BCUT2D eigenvalue weighted by Gasteiger charge is 2.54. The lowest BCUT2D eigenvalue weighted by molar-refractivity contribution is -0.0529. The van der Waals surface area contributed by atoms with E-state index >= 15 is 8.78 Å². The molecule has 0 spiro atoms. The first-order valence-electron chi connectivity index (χ1n) is 12.0. The van der Waals surface area contributed by atoms with E-state index < -0.39 is 82.8 Å². The summed E-state index contributed by atoms with van der Waals surface area (Å²) in [6, 6.07) is 1.14. The van der Waals surface area contributed by atoms with Crippen LogP contribution in [0.1, 0.15) is 28.5 Å². The second kappa shape index (κ2) is 10.9. The molecule has 10 atom stereocenters. The molecule has 3 saturated heterocycles. The molecule has 18 nitrogen and oxygen atoms in total. The van der Waals surface area contributed by atoms with E-state index in [2.05, 4.69) is 25.1 Å². The molecule has 228 valence electrons. The molecule has 7 N–H and O–H groups in total. The number of nitrogens with two attached hydrogens (primary N) is 2. The van der Waals surface area contributed by atoms with Gasteiger partial charge in [-0.2, -0.15) is 5.10 Å². The molecule has 3 aromatic heterocycles. The molecule has 0 aromatic carbocycles. The third kappa shape index (κ3) is 5.46. The number of phosphoric ester groups is 1. The molecule has 3 aliphatic rings. The number of alkyl halides is 2. The number of nitrogens with zero attached hydrogens (tertiary/aromatic N) is 5. The Labute approximate surface area is 238 Å². The number of primary amides is 1. The van der Waals surface area contributed by atoms with Crippen molar-refractivity contribution in [3.8, 4) is 0 Å². The molecule has 3 aliphatic heterocycles. The van der Waals surface area contributed by atoms with Crippen LogP contribution in [0.2, 0.25) is 0 Å². The quantitative estimate of drug-likeness (QED) is 0.234. The monoisotopic (exact) mass is 654 g/mol. The second-order valence-electron chi connectivity index (χ2n) is 9.37. The Bertz CT molecular complexity index is 1620. The van der Waals surface area contributed by atoms with Crippen molar-refractivity contribution < 1.29 is 55.5 Å². The second-order valence-corrected chi connectivity index (χ2v) is 13.6. The smallest absolute Gasteiger partial charge is 0.382 e. The summed E-state index contributed by atoms with van der Waals surface area (Å²) in [6.45, 7) is -5.90. The Hall–Kier alpha value is -2.55. The fraction of sp³-hybridized carbons (Fsp3) is 0.526. The molecule has 6 rings (SSSR count). The van der Waals surface area contributed by atoms with E-state index in [0.717, 1.165) is 12.4 Å². The number of carbonyl (C=O) groups excluding carboxylic acids is 1. The van der Waals surface area contributed by atoms with Crippen molar-refractivity contribution in [3.05, 3.63) is 30.1 Å². The molecular weight excluding hydrogens is 632 g/mol. The number of hydrogen-bond acceptors (Lipinski definition) is 14. The van der Waals surface area contributed by atoms with Gasteiger partial charge < -0.3 is 35.3 Å². The number of nitrogens with one attached hydrogen (secondary N) is 1. The number of phosphoric acid groups is 1. The van der Waals surface area contributed by atoms with Crippen LogP contribution in [0.3, 0.4) is 0 Å². The Kier molecular flexibility index (Phi) is 7.64. The number of nitrogen functional groups attached to an aromatic ring is 1. The van der Waals surface area contributed by atoms with Gasteiger partial charge in [0.15, 0.2) is 30.0 Å². The van der Waals surface area contributed by atoms with Crippen LogP contribution in [-0.2, 0) is 43.9 Å². The summed E-state index contributed by atoms with van der Waals surface area (Å²) in [4.78, 5) is 44.6. The zero-order valence-electron chi connectivity index (χ0n) is 20.9. The molecule has 6 heterocycles. The zero-order chi connectivity index (χ0) is 30.0. The van der Waals surface area contributed by atoms with Gasteiger partial charge in [0, 0.05) is 0 Å². The molecule has 0 aliphatic carbocycles. The third-order valence-corrected chi connectivity index (χ3v) is 9.23. The van der Waals surface area contributed by atoms with E-state index in [4.69, 9.17) is 50.8 Å². The Morgan fingerprint density at radius 1 is 1.10 bits per heavy atom. The van der Waals surface area contributed by atoms with Gasteiger partial charge in [-0.1, -0.05) is 0 Å². The number of imidazole rings is 1. The van der Waals surface area contributed by atoms with E-state index in [-0.39, 0.29) is 28.4 Å². The topological polar surface area (TPSA) is 254 Å². The molecule has 0 radical (unpaired) electrons. The van der Waals surface area contributed by atoms with Gasteiger partial charge in [-0.25, -0.2) is 28.3 Å². The summed E-state index contributed by atoms with van der Waals surface area (Å²) >= 11 is 5.04. The highest BCUT2D eigenvalue weighted by molar-refractivity contribution is 8.07. The van der Waals surface area contributed by atoms with Crippen molar-refractivity contribution >= 4 is 49.2 Å². The summed E-state index contributed by atoms with van der Waals surface area (Å²) in [5, 5.41) is 6.12. The average Bonchev–Trinajstić information content (AvgIpc) is 3.69. The molecular formula is C19H22F2N8O10P2S. The van der Waals surface area contributed by atoms with Gasteiger partial charge in [0.1, 0.15) is 48.1 Å². The standard InChI is InChI=1S/C19H22F2N8O10P2S/c20-10-8-2-35-41(33,42)39-14-9(37-19(11(14)21)29-5-26-12-16(22)24-4-25-18(12)29)3-34-40(31,32)38-15(10)13(36-8)6-1-7(17(23)30)28-27-6/h1,4-5,8-11,13-15,19H,2-3H2,(H2,23,30)(H,27,28)(H,31,32)(H,33,42)(H2,22,24,25)/t8-,9-,10-,11-,13+,14-,15-,19-,41?/m1/s1. The van der Waals surface area contributed by atoms with E-state index in [0.29, 0.717) is 0 Å². The van der Waals surface area contributed by atoms with Crippen molar-refractivity contribution in [2.45, 2.75) is 49.1 Å². The number of H-pyrrole nitrogens is 1. The molecule has 1 amide bonds. The number of ether oxygens (including phenoxy) is 2. The zero-order valence-corrected chi connectivity index (χ0v) is 23.5. The number of carbonyl (C=O) groups is 1. The van der Waals surface area contributed by atoms with Crippen molar-refractivity contribution in [1.29, 1.82) is 0 Å². The van der Waals surface area contributed by atoms with Crippen LogP contribution in [-0.4, -0.2) is 95.4 Å². The molecule has 42 heavy (non-hydrogen) atoms. The predicted octanol–water partition coefficient (Wildman–Crippen LogP) is 0.0786. The van der Waals surface area contributed by atoms with Crippen molar-refractivity contribution in [2.75, 3.05) is 18.9 Å². The first-order valence-corrected chi connectivity index (χ1v) is 16.1. The van der Waals surface area contributed by atoms with Crippen LogP contribution in [0.15, 0.2) is 18.7 Å². The number of fused-ring (bicyclic) bond motifs is 4. The molecule has 2 unspecified atom stereocenters. The first-order chi connectivity index (χ1) is 19.8. The van der Waals surface area contributed by atoms with E-state index in [9.17, 15) is 19.1 Å². The number of amides is 1. The number of aromatic nitrogens is 6. The van der Waals surface area contributed by atoms with Crippen molar-refractivity contribution in [1.82, 2.24) is 29.7 Å². The Morgan fingerprint density at radius 3 is 2.60 bits per heavy atom. The van der Waals surface area contributed by atoms with Gasteiger partial charge in [-0.15, -0.1) is 0 Å². The normalized spacial score (nSPS) is 39.3. The number of rotatable bonds is 3. The lowest BCUT2D eigenvalue weighted by atomic mass is 10.1.